The third-order valence-electron chi connectivity index (χ3n) is 4.01. The summed E-state index contributed by atoms with van der Waals surface area (Å²) in [4.78, 5) is 0. The minimum Gasteiger partial charge on any atom is -0.395 e. The zero-order valence-corrected chi connectivity index (χ0v) is 12.3. The van der Waals surface area contributed by atoms with Gasteiger partial charge in [-0.1, -0.05) is 24.0 Å². The largest absolute Gasteiger partial charge is 0.395 e. The molecule has 1 fully saturated rings. The highest BCUT2D eigenvalue weighted by Crippen LogP contribution is 2.31. The maximum Gasteiger partial charge on any atom is 0.123 e. The van der Waals surface area contributed by atoms with E-state index in [2.05, 4.69) is 23.2 Å². The maximum atomic E-state index is 12.8. The first-order valence-corrected chi connectivity index (χ1v) is 7.35. The molecule has 0 aromatic heterocycles. The van der Waals surface area contributed by atoms with Gasteiger partial charge >= 0.3 is 0 Å². The van der Waals surface area contributed by atoms with Gasteiger partial charge in [0, 0.05) is 23.1 Å². The first-order valence-electron chi connectivity index (χ1n) is 7.35. The summed E-state index contributed by atoms with van der Waals surface area (Å²) in [6, 6.07) is 15.6. The average Bonchev–Trinajstić information content (AvgIpc) is 2.55. The normalized spacial score (nSPS) is 22.4. The fourth-order valence-corrected chi connectivity index (χ4v) is 2.73. The van der Waals surface area contributed by atoms with Gasteiger partial charge in [0.2, 0.25) is 0 Å². The fourth-order valence-electron chi connectivity index (χ4n) is 2.73. The average molecular weight is 306 g/mol. The van der Waals surface area contributed by atoms with E-state index < -0.39 is 0 Å². The number of aliphatic hydroxyl groups is 1. The molecule has 114 valence electrons. The standard InChI is InChI=1S/C19H15FN2O/c20-16-9-5-14(6-10-16)2-1-13-3-7-15(8-4-13)19-17(11-21)22-18(19)12-23/h3-10,17-19,22-23H,12H2/t17-,18-,19+/m0/s1. The van der Waals surface area contributed by atoms with Crippen LogP contribution in [0.5, 0.6) is 0 Å². The zero-order chi connectivity index (χ0) is 16.2. The Labute approximate surface area is 134 Å². The summed E-state index contributed by atoms with van der Waals surface area (Å²) < 4.78 is 12.8. The molecule has 1 aliphatic heterocycles. The number of hydrogen-bond acceptors (Lipinski definition) is 3. The van der Waals surface area contributed by atoms with Crippen molar-refractivity contribution in [3.8, 4) is 17.9 Å². The van der Waals surface area contributed by atoms with Gasteiger partial charge in [0.1, 0.15) is 11.9 Å². The molecule has 3 atom stereocenters. The van der Waals surface area contributed by atoms with Gasteiger partial charge in [-0.25, -0.2) is 4.39 Å². The van der Waals surface area contributed by atoms with Crippen LogP contribution in [0.15, 0.2) is 48.5 Å². The molecule has 3 nitrogen and oxygen atoms in total. The summed E-state index contributed by atoms with van der Waals surface area (Å²) in [7, 11) is 0. The van der Waals surface area contributed by atoms with E-state index >= 15 is 0 Å². The van der Waals surface area contributed by atoms with Gasteiger partial charge in [-0.15, -0.1) is 0 Å². The second-order valence-electron chi connectivity index (χ2n) is 5.47. The monoisotopic (exact) mass is 306 g/mol. The van der Waals surface area contributed by atoms with E-state index in [0.717, 1.165) is 16.7 Å². The molecule has 1 saturated heterocycles. The molecule has 3 rings (SSSR count). The number of aliphatic hydroxyl groups excluding tert-OH is 1. The van der Waals surface area contributed by atoms with Gasteiger partial charge in [0.25, 0.3) is 0 Å². The second kappa shape index (κ2) is 6.62. The molecule has 0 saturated carbocycles. The number of nitriles is 1. The van der Waals surface area contributed by atoms with Crippen LogP contribution in [0.3, 0.4) is 0 Å². The quantitative estimate of drug-likeness (QED) is 0.836. The van der Waals surface area contributed by atoms with Crippen molar-refractivity contribution in [2.45, 2.75) is 18.0 Å². The van der Waals surface area contributed by atoms with Crippen molar-refractivity contribution >= 4 is 0 Å². The third-order valence-corrected chi connectivity index (χ3v) is 4.01. The van der Waals surface area contributed by atoms with Gasteiger partial charge in [0.05, 0.1) is 12.7 Å². The fraction of sp³-hybridized carbons (Fsp3) is 0.211. The van der Waals surface area contributed by atoms with E-state index in [1.807, 2.05) is 24.3 Å². The second-order valence-corrected chi connectivity index (χ2v) is 5.47. The first kappa shape index (κ1) is 15.2. The van der Waals surface area contributed by atoms with E-state index in [4.69, 9.17) is 5.26 Å². The summed E-state index contributed by atoms with van der Waals surface area (Å²) in [6.45, 7) is 0.00890. The van der Waals surface area contributed by atoms with Crippen molar-refractivity contribution in [1.29, 1.82) is 5.26 Å². The van der Waals surface area contributed by atoms with Crippen LogP contribution in [0.25, 0.3) is 0 Å². The molecule has 2 aromatic carbocycles. The summed E-state index contributed by atoms with van der Waals surface area (Å²) in [5.74, 6) is 5.74. The number of benzene rings is 2. The van der Waals surface area contributed by atoms with Gasteiger partial charge in [-0.2, -0.15) is 5.26 Å². The van der Waals surface area contributed by atoms with Crippen molar-refractivity contribution in [2.75, 3.05) is 6.61 Å². The zero-order valence-electron chi connectivity index (χ0n) is 12.3. The molecule has 1 aliphatic rings. The molecule has 0 bridgehead atoms. The summed E-state index contributed by atoms with van der Waals surface area (Å²) in [5.41, 5.74) is 2.62. The summed E-state index contributed by atoms with van der Waals surface area (Å²) >= 11 is 0. The van der Waals surface area contributed by atoms with Crippen LogP contribution >= 0.6 is 0 Å². The molecule has 1 heterocycles. The van der Waals surface area contributed by atoms with E-state index in [1.165, 1.54) is 12.1 Å². The predicted molar refractivity (Wildman–Crippen MR) is 85.0 cm³/mol. The number of nitrogens with zero attached hydrogens (tertiary/aromatic N) is 1. The molecular weight excluding hydrogens is 291 g/mol. The highest BCUT2D eigenvalue weighted by molar-refractivity contribution is 5.44. The van der Waals surface area contributed by atoms with Crippen molar-refractivity contribution < 1.29 is 9.50 Å². The predicted octanol–water partition coefficient (Wildman–Crippen LogP) is 2.17. The Morgan fingerprint density at radius 1 is 1.00 bits per heavy atom. The van der Waals surface area contributed by atoms with Crippen LogP contribution in [-0.4, -0.2) is 23.8 Å². The van der Waals surface area contributed by atoms with Crippen LogP contribution in [0.4, 0.5) is 4.39 Å². The van der Waals surface area contributed by atoms with E-state index in [1.54, 1.807) is 12.1 Å². The molecule has 0 aliphatic carbocycles. The van der Waals surface area contributed by atoms with Gasteiger partial charge < -0.3 is 5.11 Å². The Morgan fingerprint density at radius 3 is 2.09 bits per heavy atom. The molecule has 0 spiro atoms. The Balaban J connectivity index is 1.75. The lowest BCUT2D eigenvalue weighted by Crippen LogP contribution is -2.60. The van der Waals surface area contributed by atoms with Crippen LogP contribution in [-0.2, 0) is 0 Å². The number of hydrogen-bond donors (Lipinski definition) is 2. The molecule has 23 heavy (non-hydrogen) atoms. The minimum atomic E-state index is -0.278. The molecular formula is C19H15FN2O. The van der Waals surface area contributed by atoms with E-state index in [0.29, 0.717) is 0 Å². The van der Waals surface area contributed by atoms with E-state index in [-0.39, 0.29) is 30.4 Å². The number of halogens is 1. The van der Waals surface area contributed by atoms with Crippen LogP contribution in [0, 0.1) is 29.0 Å². The molecule has 0 amide bonds. The van der Waals surface area contributed by atoms with Gasteiger partial charge in [-0.05, 0) is 42.0 Å². The maximum absolute atomic E-state index is 12.8. The topological polar surface area (TPSA) is 56.0 Å². The molecule has 0 unspecified atom stereocenters. The lowest BCUT2D eigenvalue weighted by molar-refractivity contribution is 0.151. The molecule has 2 N–H and O–H groups in total. The highest BCUT2D eigenvalue weighted by atomic mass is 19.1. The Hall–Kier alpha value is -2.66. The molecule has 2 aromatic rings. The van der Waals surface area contributed by atoms with Crippen molar-refractivity contribution in [2.24, 2.45) is 0 Å². The first-order chi connectivity index (χ1) is 11.2. The number of nitrogens with one attached hydrogen (secondary N) is 1. The lowest BCUT2D eigenvalue weighted by atomic mass is 9.78. The van der Waals surface area contributed by atoms with Gasteiger partial charge in [-0.3, -0.25) is 5.32 Å². The van der Waals surface area contributed by atoms with Crippen molar-refractivity contribution in [3.63, 3.8) is 0 Å². The molecule has 4 heteroatoms. The van der Waals surface area contributed by atoms with Crippen LogP contribution in [0.2, 0.25) is 0 Å². The smallest absolute Gasteiger partial charge is 0.123 e. The Kier molecular flexibility index (Phi) is 4.39. The van der Waals surface area contributed by atoms with Crippen LogP contribution < -0.4 is 5.32 Å². The minimum absolute atomic E-state index is 0.00380. The van der Waals surface area contributed by atoms with Crippen molar-refractivity contribution in [3.05, 3.63) is 71.0 Å². The Bertz CT molecular complexity index is 781. The van der Waals surface area contributed by atoms with Crippen molar-refractivity contribution in [1.82, 2.24) is 5.32 Å². The number of rotatable bonds is 2. The van der Waals surface area contributed by atoms with Gasteiger partial charge in [0.15, 0.2) is 0 Å². The third kappa shape index (κ3) is 3.24. The molecule has 0 radical (unpaired) electrons. The highest BCUT2D eigenvalue weighted by Gasteiger charge is 2.40. The van der Waals surface area contributed by atoms with E-state index in [9.17, 15) is 9.50 Å². The Morgan fingerprint density at radius 2 is 1.57 bits per heavy atom. The SMILES string of the molecule is N#C[C@@H]1N[C@@H](CO)[C@@H]1c1ccc(C#Cc2ccc(F)cc2)cc1. The summed E-state index contributed by atoms with van der Waals surface area (Å²) in [5, 5.41) is 21.4. The summed E-state index contributed by atoms with van der Waals surface area (Å²) in [6.07, 6.45) is 0. The lowest BCUT2D eigenvalue weighted by Gasteiger charge is -2.41. The van der Waals surface area contributed by atoms with Crippen LogP contribution in [0.1, 0.15) is 22.6 Å².